The van der Waals surface area contributed by atoms with Crippen molar-refractivity contribution in [3.8, 4) is 11.1 Å². The molecular formula is C68H71BN2O. The fourth-order valence-corrected chi connectivity index (χ4v) is 15.2. The molecule has 3 aliphatic carbocycles. The Morgan fingerprint density at radius 3 is 1.93 bits per heavy atom. The highest BCUT2D eigenvalue weighted by molar-refractivity contribution is 7.00. The molecule has 1 unspecified atom stereocenters. The average Bonchev–Trinajstić information content (AvgIpc) is 3.75. The summed E-state index contributed by atoms with van der Waals surface area (Å²) in [6.45, 7) is 26.9. The highest BCUT2D eigenvalue weighted by atomic mass is 16.3. The SMILES string of the molecule is Cc1cc(C(C)(C)C)ccc1N1c2cc3c(cc2B2c4ccc5oc6cc7c8cc6c5c4N(c4cc(C5CCCCC5)cc1c42)c1c(-c2ccccc2)cccc1C8(C)CCC7(C)C)C(C)(C)CCC3(C)C. The topological polar surface area (TPSA) is 19.6 Å². The molecule has 1 fully saturated rings. The standard InChI is InChI=1S/C68H71BN2O/c1-40-33-44(64(2,3)4)25-27-54(40)70-55-38-49-48(65(5,6)29-30-66(49,7)8)37-53(55)69-52-26-28-58-60-46-36-51-50(39-59(46)72-58)67(9,10)31-32-68(51,11)47-24-18-23-45(42-21-16-13-17-22-42)62(47)71(63(52)60)57-35-43(34-56(70)61(57)69)41-19-14-12-15-20-41/h13,16-18,21-28,33-39,41H,12,14-15,19-20,29-32H2,1-11H3. The summed E-state index contributed by atoms with van der Waals surface area (Å²) in [6, 6.07) is 46.7. The van der Waals surface area contributed by atoms with Crippen molar-refractivity contribution in [1.29, 1.82) is 0 Å². The Morgan fingerprint density at radius 1 is 0.542 bits per heavy atom. The maximum atomic E-state index is 7.22. The molecule has 3 nitrogen and oxygen atoms in total. The van der Waals surface area contributed by atoms with Crippen molar-refractivity contribution >= 4 is 79.2 Å². The average molecular weight is 943 g/mol. The maximum Gasteiger partial charge on any atom is 0.252 e. The van der Waals surface area contributed by atoms with Gasteiger partial charge >= 0.3 is 0 Å². The number of aryl methyl sites for hydroxylation is 1. The largest absolute Gasteiger partial charge is 0.456 e. The molecule has 72 heavy (non-hydrogen) atoms. The van der Waals surface area contributed by atoms with E-state index in [2.05, 4.69) is 201 Å². The zero-order valence-corrected chi connectivity index (χ0v) is 44.8. The monoisotopic (exact) mass is 943 g/mol. The predicted octanol–water partition coefficient (Wildman–Crippen LogP) is 17.0. The lowest BCUT2D eigenvalue weighted by Gasteiger charge is -2.49. The van der Waals surface area contributed by atoms with Gasteiger partial charge in [-0.2, -0.15) is 0 Å². The van der Waals surface area contributed by atoms with Gasteiger partial charge in [0.2, 0.25) is 0 Å². The number of fused-ring (bicyclic) bond motifs is 8. The van der Waals surface area contributed by atoms with Crippen LogP contribution in [0.4, 0.5) is 34.1 Å². The van der Waals surface area contributed by atoms with Crippen molar-refractivity contribution in [2.75, 3.05) is 9.80 Å². The molecule has 3 aliphatic heterocycles. The van der Waals surface area contributed by atoms with Crippen LogP contribution in [0.5, 0.6) is 0 Å². The third-order valence-electron chi connectivity index (χ3n) is 19.7. The molecule has 14 rings (SSSR count). The number of furan rings is 1. The van der Waals surface area contributed by atoms with Gasteiger partial charge in [0.05, 0.1) is 16.8 Å². The minimum absolute atomic E-state index is 0.00427. The van der Waals surface area contributed by atoms with Crippen molar-refractivity contribution in [3.63, 3.8) is 0 Å². The number of hydrogen-bond donors (Lipinski definition) is 0. The van der Waals surface area contributed by atoms with E-state index in [-0.39, 0.29) is 33.8 Å². The highest BCUT2D eigenvalue weighted by Crippen LogP contribution is 2.60. The predicted molar refractivity (Wildman–Crippen MR) is 306 cm³/mol. The summed E-state index contributed by atoms with van der Waals surface area (Å²) in [5.74, 6) is 0.490. The van der Waals surface area contributed by atoms with Gasteiger partial charge < -0.3 is 14.2 Å². The maximum absolute atomic E-state index is 7.22. The van der Waals surface area contributed by atoms with Crippen LogP contribution in [0.15, 0.2) is 120 Å². The van der Waals surface area contributed by atoms with Gasteiger partial charge in [-0.1, -0.05) is 161 Å². The van der Waals surface area contributed by atoms with Crippen LogP contribution < -0.4 is 26.2 Å². The smallest absolute Gasteiger partial charge is 0.252 e. The summed E-state index contributed by atoms with van der Waals surface area (Å²) >= 11 is 0. The molecule has 1 aromatic heterocycles. The van der Waals surface area contributed by atoms with E-state index in [0.29, 0.717) is 5.92 Å². The normalized spacial score (nSPS) is 21.0. The van der Waals surface area contributed by atoms with Gasteiger partial charge in [-0.3, -0.25) is 0 Å². The first-order valence-corrected chi connectivity index (χ1v) is 27.7. The minimum Gasteiger partial charge on any atom is -0.456 e. The van der Waals surface area contributed by atoms with Crippen molar-refractivity contribution in [3.05, 3.63) is 160 Å². The van der Waals surface area contributed by atoms with Crippen molar-refractivity contribution in [2.45, 2.75) is 167 Å². The Balaban J connectivity index is 1.19. The van der Waals surface area contributed by atoms with Gasteiger partial charge in [0, 0.05) is 39.1 Å². The van der Waals surface area contributed by atoms with Crippen molar-refractivity contribution in [2.24, 2.45) is 0 Å². The van der Waals surface area contributed by atoms with Gasteiger partial charge in [0.15, 0.2) is 0 Å². The Kier molecular flexibility index (Phi) is 9.20. The molecule has 1 saturated carbocycles. The van der Waals surface area contributed by atoms with E-state index in [9.17, 15) is 0 Å². The van der Waals surface area contributed by atoms with Gasteiger partial charge in [-0.25, -0.2) is 0 Å². The molecule has 6 aliphatic rings. The second-order valence-corrected chi connectivity index (χ2v) is 26.5. The third kappa shape index (κ3) is 6.10. The van der Waals surface area contributed by atoms with Gasteiger partial charge in [0.1, 0.15) is 11.2 Å². The Hall–Kier alpha value is -6.00. The van der Waals surface area contributed by atoms with E-state index in [1.807, 2.05) is 0 Å². The van der Waals surface area contributed by atoms with Crippen LogP contribution in [0.2, 0.25) is 0 Å². The molecule has 2 bridgehead atoms. The first-order valence-electron chi connectivity index (χ1n) is 27.7. The number of rotatable bonds is 3. The van der Waals surface area contributed by atoms with Crippen LogP contribution in [-0.4, -0.2) is 6.71 Å². The van der Waals surface area contributed by atoms with Crippen LogP contribution in [0.3, 0.4) is 0 Å². The lowest BCUT2D eigenvalue weighted by Crippen LogP contribution is -2.62. The summed E-state index contributed by atoms with van der Waals surface area (Å²) < 4.78 is 7.22. The molecule has 362 valence electrons. The molecule has 8 aromatic rings. The van der Waals surface area contributed by atoms with Crippen LogP contribution in [0.1, 0.15) is 177 Å². The summed E-state index contributed by atoms with van der Waals surface area (Å²) in [5, 5.41) is 2.50. The quantitative estimate of drug-likeness (QED) is 0.165. The van der Waals surface area contributed by atoms with Crippen LogP contribution >= 0.6 is 0 Å². The van der Waals surface area contributed by atoms with Crippen molar-refractivity contribution in [1.82, 2.24) is 0 Å². The molecule has 0 saturated heterocycles. The van der Waals surface area contributed by atoms with E-state index in [4.69, 9.17) is 4.42 Å². The zero-order chi connectivity index (χ0) is 49.6. The Bertz CT molecular complexity index is 3630. The third-order valence-corrected chi connectivity index (χ3v) is 19.7. The first kappa shape index (κ1) is 44.7. The molecule has 4 heteroatoms. The second-order valence-electron chi connectivity index (χ2n) is 26.5. The fraction of sp³-hybridized carbons (Fsp3) is 0.382. The molecule has 0 radical (unpaired) electrons. The number of anilines is 6. The van der Waals surface area contributed by atoms with Crippen LogP contribution in [0.25, 0.3) is 33.1 Å². The van der Waals surface area contributed by atoms with Gasteiger partial charge in [-0.05, 0) is 182 Å². The number of nitrogens with zero attached hydrogens (tertiary/aromatic N) is 2. The van der Waals surface area contributed by atoms with E-state index in [1.54, 1.807) is 0 Å². The second kappa shape index (κ2) is 14.8. The molecule has 7 aromatic carbocycles. The van der Waals surface area contributed by atoms with Crippen molar-refractivity contribution < 1.29 is 4.42 Å². The van der Waals surface area contributed by atoms with Crippen LogP contribution in [-0.2, 0) is 27.1 Å². The van der Waals surface area contributed by atoms with Crippen LogP contribution in [0, 0.1) is 6.92 Å². The van der Waals surface area contributed by atoms with E-state index >= 15 is 0 Å². The van der Waals surface area contributed by atoms with Gasteiger partial charge in [0.25, 0.3) is 6.71 Å². The molecular weight excluding hydrogens is 872 g/mol. The van der Waals surface area contributed by atoms with Gasteiger partial charge in [-0.15, -0.1) is 0 Å². The first-order chi connectivity index (χ1) is 34.3. The summed E-state index contributed by atoms with van der Waals surface area (Å²) in [6.07, 6.45) is 10.8. The fourth-order valence-electron chi connectivity index (χ4n) is 15.2. The molecule has 4 heterocycles. The van der Waals surface area contributed by atoms with E-state index < -0.39 is 0 Å². The Labute approximate surface area is 429 Å². The molecule has 1 atom stereocenters. The van der Waals surface area contributed by atoms with E-state index in [1.165, 1.54) is 162 Å². The number of benzene rings is 7. The summed E-state index contributed by atoms with van der Waals surface area (Å²) in [7, 11) is 0. The lowest BCUT2D eigenvalue weighted by atomic mass is 9.33. The molecule has 0 spiro atoms. The number of hydrogen-bond acceptors (Lipinski definition) is 3. The Morgan fingerprint density at radius 2 is 1.22 bits per heavy atom. The van der Waals surface area contributed by atoms with E-state index in [0.717, 1.165) is 24.0 Å². The highest BCUT2D eigenvalue weighted by Gasteiger charge is 2.51. The minimum atomic E-state index is -0.259. The zero-order valence-electron chi connectivity index (χ0n) is 44.8. The summed E-state index contributed by atoms with van der Waals surface area (Å²) in [4.78, 5) is 5.59. The molecule has 0 N–H and O–H groups in total. The lowest BCUT2D eigenvalue weighted by molar-refractivity contribution is 0.332. The summed E-state index contributed by atoms with van der Waals surface area (Å²) in [5.41, 5.74) is 28.0. The molecule has 0 amide bonds. The number of para-hydroxylation sites is 1.